The minimum Gasteiger partial charge on any atom is -0.385 e. The van der Waals surface area contributed by atoms with Crippen LogP contribution in [0.1, 0.15) is 26.2 Å². The number of methoxy groups -OCH3 is 1. The van der Waals surface area contributed by atoms with Gasteiger partial charge in [-0.3, -0.25) is 0 Å². The first-order chi connectivity index (χ1) is 8.02. The van der Waals surface area contributed by atoms with Crippen LogP contribution in [0.4, 0.5) is 0 Å². The van der Waals surface area contributed by atoms with Gasteiger partial charge in [-0.05, 0) is 33.2 Å². The molecule has 0 radical (unpaired) electrons. The van der Waals surface area contributed by atoms with Gasteiger partial charge in [0, 0.05) is 32.8 Å². The highest BCUT2D eigenvalue weighted by Gasteiger charge is 2.32. The van der Waals surface area contributed by atoms with E-state index in [1.165, 1.54) is 0 Å². The number of piperidine rings is 1. The highest BCUT2D eigenvalue weighted by atomic mass is 32.2. The molecule has 102 valence electrons. The quantitative estimate of drug-likeness (QED) is 0.755. The fourth-order valence-electron chi connectivity index (χ4n) is 2.10. The summed E-state index contributed by atoms with van der Waals surface area (Å²) in [6, 6.07) is 0.285. The topological polar surface area (TPSA) is 58.6 Å². The van der Waals surface area contributed by atoms with E-state index >= 15 is 0 Å². The first kappa shape index (κ1) is 14.9. The van der Waals surface area contributed by atoms with Gasteiger partial charge in [0.15, 0.2) is 0 Å². The maximum Gasteiger partial charge on any atom is 0.216 e. The van der Waals surface area contributed by atoms with Crippen LogP contribution in [-0.2, 0) is 14.8 Å². The van der Waals surface area contributed by atoms with Crippen LogP contribution in [-0.4, -0.2) is 57.9 Å². The molecular formula is C11H24N2O3S. The van der Waals surface area contributed by atoms with Crippen molar-refractivity contribution in [2.75, 3.05) is 33.9 Å². The minimum atomic E-state index is -3.16. The Balaban J connectivity index is 2.62. The molecule has 0 unspecified atom stereocenters. The molecule has 1 saturated heterocycles. The van der Waals surface area contributed by atoms with Crippen molar-refractivity contribution in [2.45, 2.75) is 37.5 Å². The molecule has 0 aromatic carbocycles. The number of ether oxygens (including phenoxy) is 1. The highest BCUT2D eigenvalue weighted by molar-refractivity contribution is 7.89. The van der Waals surface area contributed by atoms with Gasteiger partial charge in [0.25, 0.3) is 0 Å². The zero-order chi connectivity index (χ0) is 12.9. The lowest BCUT2D eigenvalue weighted by atomic mass is 10.1. The molecule has 0 aliphatic carbocycles. The summed E-state index contributed by atoms with van der Waals surface area (Å²) in [5.74, 6) is 0. The van der Waals surface area contributed by atoms with Crippen molar-refractivity contribution in [2.24, 2.45) is 0 Å². The molecule has 0 saturated carbocycles. The Kier molecular flexibility index (Phi) is 5.85. The summed E-state index contributed by atoms with van der Waals surface area (Å²) in [4.78, 5) is 0. The van der Waals surface area contributed by atoms with Gasteiger partial charge in [0.05, 0.1) is 5.25 Å². The standard InChI is InChI=1S/C11H24N2O3S/c1-10(6-8-16-3)17(14,15)13-7-4-5-11(9-13)12-2/h10-12H,4-9H2,1-3H3/t10-,11-/m1/s1. The number of nitrogens with zero attached hydrogens (tertiary/aromatic N) is 1. The molecular weight excluding hydrogens is 240 g/mol. The Morgan fingerprint density at radius 1 is 1.53 bits per heavy atom. The van der Waals surface area contributed by atoms with E-state index in [2.05, 4.69) is 5.32 Å². The third-order valence-electron chi connectivity index (χ3n) is 3.39. The van der Waals surface area contributed by atoms with Gasteiger partial charge in [-0.1, -0.05) is 0 Å². The maximum atomic E-state index is 12.3. The van der Waals surface area contributed by atoms with E-state index in [9.17, 15) is 8.42 Å². The van der Waals surface area contributed by atoms with Crippen molar-refractivity contribution < 1.29 is 13.2 Å². The highest BCUT2D eigenvalue weighted by Crippen LogP contribution is 2.18. The zero-order valence-electron chi connectivity index (χ0n) is 11.0. The third kappa shape index (κ3) is 3.91. The van der Waals surface area contributed by atoms with Gasteiger partial charge in [0.1, 0.15) is 0 Å². The summed E-state index contributed by atoms with van der Waals surface area (Å²) >= 11 is 0. The Hall–Kier alpha value is -0.170. The fourth-order valence-corrected chi connectivity index (χ4v) is 3.77. The predicted molar refractivity (Wildman–Crippen MR) is 68.5 cm³/mol. The number of nitrogens with one attached hydrogen (secondary N) is 1. The molecule has 0 bridgehead atoms. The fraction of sp³-hybridized carbons (Fsp3) is 1.00. The molecule has 0 spiro atoms. The van der Waals surface area contributed by atoms with E-state index in [1.807, 2.05) is 7.05 Å². The van der Waals surface area contributed by atoms with Crippen molar-refractivity contribution in [3.8, 4) is 0 Å². The Labute approximate surface area is 105 Å². The Bertz CT molecular complexity index is 319. The molecule has 1 aliphatic heterocycles. The lowest BCUT2D eigenvalue weighted by Crippen LogP contribution is -2.49. The summed E-state index contributed by atoms with van der Waals surface area (Å²) in [6.07, 6.45) is 2.54. The van der Waals surface area contributed by atoms with Gasteiger partial charge in [0.2, 0.25) is 10.0 Å². The van der Waals surface area contributed by atoms with Crippen LogP contribution in [0.3, 0.4) is 0 Å². The van der Waals surface area contributed by atoms with E-state index in [1.54, 1.807) is 18.3 Å². The first-order valence-electron chi connectivity index (χ1n) is 6.17. The van der Waals surface area contributed by atoms with Gasteiger partial charge in [-0.25, -0.2) is 12.7 Å². The number of hydrogen-bond donors (Lipinski definition) is 1. The van der Waals surface area contributed by atoms with E-state index in [0.29, 0.717) is 26.1 Å². The second-order valence-corrected chi connectivity index (χ2v) is 6.97. The number of hydrogen-bond acceptors (Lipinski definition) is 4. The van der Waals surface area contributed by atoms with Crippen molar-refractivity contribution >= 4 is 10.0 Å². The third-order valence-corrected chi connectivity index (χ3v) is 5.69. The monoisotopic (exact) mass is 264 g/mol. The second-order valence-electron chi connectivity index (χ2n) is 4.62. The molecule has 1 aliphatic rings. The van der Waals surface area contributed by atoms with E-state index < -0.39 is 10.0 Å². The first-order valence-corrected chi connectivity index (χ1v) is 7.67. The molecule has 1 fully saturated rings. The lowest BCUT2D eigenvalue weighted by Gasteiger charge is -2.33. The lowest BCUT2D eigenvalue weighted by molar-refractivity contribution is 0.193. The van der Waals surface area contributed by atoms with Crippen LogP contribution in [0, 0.1) is 0 Å². The molecule has 0 aromatic heterocycles. The smallest absolute Gasteiger partial charge is 0.216 e. The van der Waals surface area contributed by atoms with Crippen LogP contribution >= 0.6 is 0 Å². The number of rotatable bonds is 6. The molecule has 6 heteroatoms. The normalized spacial score (nSPS) is 24.8. The van der Waals surface area contributed by atoms with Crippen molar-refractivity contribution in [1.29, 1.82) is 0 Å². The van der Waals surface area contributed by atoms with Gasteiger partial charge < -0.3 is 10.1 Å². The zero-order valence-corrected chi connectivity index (χ0v) is 11.8. The molecule has 5 nitrogen and oxygen atoms in total. The Morgan fingerprint density at radius 2 is 2.24 bits per heavy atom. The average Bonchev–Trinajstić information content (AvgIpc) is 2.35. The van der Waals surface area contributed by atoms with Gasteiger partial charge >= 0.3 is 0 Å². The largest absolute Gasteiger partial charge is 0.385 e. The van der Waals surface area contributed by atoms with Gasteiger partial charge in [-0.15, -0.1) is 0 Å². The number of sulfonamides is 1. The summed E-state index contributed by atoms with van der Waals surface area (Å²) < 4.78 is 31.2. The molecule has 1 heterocycles. The predicted octanol–water partition coefficient (Wildman–Crippen LogP) is 0.425. The SMILES string of the molecule is CN[C@@H]1CCCN(S(=O)(=O)[C@H](C)CCOC)C1. The number of likely N-dealkylation sites (N-methyl/N-ethyl adjacent to an activating group) is 1. The van der Waals surface area contributed by atoms with Gasteiger partial charge in [-0.2, -0.15) is 0 Å². The summed E-state index contributed by atoms with van der Waals surface area (Å²) in [7, 11) is 0.315. The van der Waals surface area contributed by atoms with Crippen molar-refractivity contribution in [1.82, 2.24) is 9.62 Å². The van der Waals surface area contributed by atoms with E-state index in [4.69, 9.17) is 4.74 Å². The van der Waals surface area contributed by atoms with Crippen molar-refractivity contribution in [3.05, 3.63) is 0 Å². The molecule has 17 heavy (non-hydrogen) atoms. The van der Waals surface area contributed by atoms with Crippen LogP contribution in [0.15, 0.2) is 0 Å². The summed E-state index contributed by atoms with van der Waals surface area (Å²) in [5.41, 5.74) is 0. The minimum absolute atomic E-state index is 0.285. The molecule has 0 amide bonds. The van der Waals surface area contributed by atoms with Crippen LogP contribution in [0.25, 0.3) is 0 Å². The molecule has 2 atom stereocenters. The molecule has 1 N–H and O–H groups in total. The van der Waals surface area contributed by atoms with Crippen molar-refractivity contribution in [3.63, 3.8) is 0 Å². The Morgan fingerprint density at radius 3 is 2.82 bits per heavy atom. The van der Waals surface area contributed by atoms with Crippen LogP contribution in [0.5, 0.6) is 0 Å². The van der Waals surface area contributed by atoms with Crippen LogP contribution < -0.4 is 5.32 Å². The van der Waals surface area contributed by atoms with Crippen LogP contribution in [0.2, 0.25) is 0 Å². The summed E-state index contributed by atoms with van der Waals surface area (Å²) in [5, 5.41) is 2.79. The maximum absolute atomic E-state index is 12.3. The molecule has 0 aromatic rings. The molecule has 1 rings (SSSR count). The second kappa shape index (κ2) is 6.68. The van der Waals surface area contributed by atoms with E-state index in [-0.39, 0.29) is 11.3 Å². The average molecular weight is 264 g/mol. The summed E-state index contributed by atoms with van der Waals surface area (Å²) in [6.45, 7) is 3.50. The van der Waals surface area contributed by atoms with E-state index in [0.717, 1.165) is 12.8 Å².